The molecule has 3 rings (SSSR count). The normalized spacial score (nSPS) is 38.7. The zero-order chi connectivity index (χ0) is 9.42. The summed E-state index contributed by atoms with van der Waals surface area (Å²) in [6.07, 6.45) is 6.13. The summed E-state index contributed by atoms with van der Waals surface area (Å²) in [6.45, 7) is 8.43. The maximum absolute atomic E-state index is 5.93. The SMILES string of the molecule is C=C1C[C@@H]2CC[C@H]1[C@@H](OC(C)C)C2. The van der Waals surface area contributed by atoms with Crippen LogP contribution in [-0.4, -0.2) is 12.2 Å². The van der Waals surface area contributed by atoms with Gasteiger partial charge in [0.1, 0.15) is 0 Å². The van der Waals surface area contributed by atoms with Gasteiger partial charge in [-0.25, -0.2) is 0 Å². The van der Waals surface area contributed by atoms with E-state index in [4.69, 9.17) is 4.74 Å². The molecule has 0 radical (unpaired) electrons. The van der Waals surface area contributed by atoms with Crippen molar-refractivity contribution in [1.29, 1.82) is 0 Å². The van der Waals surface area contributed by atoms with Crippen LogP contribution in [0.25, 0.3) is 0 Å². The average molecular weight is 180 g/mol. The van der Waals surface area contributed by atoms with Gasteiger partial charge in [-0.1, -0.05) is 12.2 Å². The van der Waals surface area contributed by atoms with Gasteiger partial charge < -0.3 is 4.74 Å². The van der Waals surface area contributed by atoms with Crippen molar-refractivity contribution in [2.75, 3.05) is 0 Å². The Morgan fingerprint density at radius 2 is 2.15 bits per heavy atom. The summed E-state index contributed by atoms with van der Waals surface area (Å²) in [5.74, 6) is 1.55. The van der Waals surface area contributed by atoms with E-state index in [2.05, 4.69) is 20.4 Å². The third kappa shape index (κ3) is 1.80. The second-order valence-electron chi connectivity index (χ2n) is 4.87. The summed E-state index contributed by atoms with van der Waals surface area (Å²) in [5.41, 5.74) is 1.45. The molecule has 74 valence electrons. The van der Waals surface area contributed by atoms with Gasteiger partial charge in [0.25, 0.3) is 0 Å². The minimum atomic E-state index is 0.372. The summed E-state index contributed by atoms with van der Waals surface area (Å²) >= 11 is 0. The average Bonchev–Trinajstić information content (AvgIpc) is 2.02. The molecular formula is C12H20O. The number of fused-ring (bicyclic) bond motifs is 3. The smallest absolute Gasteiger partial charge is 0.0646 e. The Kier molecular flexibility index (Phi) is 2.46. The number of hydrogen-bond donors (Lipinski definition) is 0. The second kappa shape index (κ2) is 3.45. The number of hydrogen-bond acceptors (Lipinski definition) is 1. The van der Waals surface area contributed by atoms with Crippen molar-refractivity contribution in [2.24, 2.45) is 11.8 Å². The van der Waals surface area contributed by atoms with Crippen molar-refractivity contribution in [3.63, 3.8) is 0 Å². The topological polar surface area (TPSA) is 9.23 Å². The first-order valence-corrected chi connectivity index (χ1v) is 5.50. The minimum Gasteiger partial charge on any atom is -0.375 e. The molecule has 2 bridgehead atoms. The van der Waals surface area contributed by atoms with E-state index in [0.717, 1.165) is 5.92 Å². The van der Waals surface area contributed by atoms with Crippen molar-refractivity contribution in [1.82, 2.24) is 0 Å². The van der Waals surface area contributed by atoms with Crippen LogP contribution in [0, 0.1) is 11.8 Å². The van der Waals surface area contributed by atoms with Gasteiger partial charge >= 0.3 is 0 Å². The van der Waals surface area contributed by atoms with Crippen LogP contribution in [-0.2, 0) is 4.74 Å². The Morgan fingerprint density at radius 3 is 2.69 bits per heavy atom. The van der Waals surface area contributed by atoms with Crippen LogP contribution in [0.5, 0.6) is 0 Å². The quantitative estimate of drug-likeness (QED) is 0.593. The molecule has 1 nitrogen and oxygen atoms in total. The molecule has 3 saturated carbocycles. The monoisotopic (exact) mass is 180 g/mol. The molecule has 0 aromatic carbocycles. The molecule has 13 heavy (non-hydrogen) atoms. The first-order valence-electron chi connectivity index (χ1n) is 5.50. The van der Waals surface area contributed by atoms with Crippen LogP contribution in [0.2, 0.25) is 0 Å². The Balaban J connectivity index is 2.02. The lowest BCUT2D eigenvalue weighted by Gasteiger charge is -2.44. The van der Waals surface area contributed by atoms with E-state index in [0.29, 0.717) is 18.1 Å². The molecule has 0 N–H and O–H groups in total. The van der Waals surface area contributed by atoms with Crippen LogP contribution in [0.4, 0.5) is 0 Å². The van der Waals surface area contributed by atoms with Crippen LogP contribution in [0.15, 0.2) is 12.2 Å². The van der Waals surface area contributed by atoms with Crippen LogP contribution in [0.3, 0.4) is 0 Å². The molecule has 1 heteroatoms. The number of ether oxygens (including phenoxy) is 1. The predicted molar refractivity (Wildman–Crippen MR) is 54.6 cm³/mol. The van der Waals surface area contributed by atoms with Crippen molar-refractivity contribution in [3.8, 4) is 0 Å². The Labute approximate surface area is 81.2 Å². The fourth-order valence-corrected chi connectivity index (χ4v) is 2.89. The molecule has 0 saturated heterocycles. The highest BCUT2D eigenvalue weighted by Crippen LogP contribution is 2.45. The molecule has 0 aromatic rings. The van der Waals surface area contributed by atoms with Crippen molar-refractivity contribution in [2.45, 2.75) is 51.7 Å². The van der Waals surface area contributed by atoms with Crippen molar-refractivity contribution < 1.29 is 4.74 Å². The highest BCUT2D eigenvalue weighted by Gasteiger charge is 2.38. The second-order valence-corrected chi connectivity index (χ2v) is 4.87. The van der Waals surface area contributed by atoms with E-state index < -0.39 is 0 Å². The number of rotatable bonds is 2. The third-order valence-corrected chi connectivity index (χ3v) is 3.42. The molecule has 0 aliphatic heterocycles. The Hall–Kier alpha value is -0.300. The van der Waals surface area contributed by atoms with Gasteiger partial charge in [-0.2, -0.15) is 0 Å². The van der Waals surface area contributed by atoms with Gasteiger partial charge in [0, 0.05) is 5.92 Å². The van der Waals surface area contributed by atoms with Gasteiger partial charge in [-0.15, -0.1) is 0 Å². The van der Waals surface area contributed by atoms with E-state index in [1.54, 1.807) is 0 Å². The third-order valence-electron chi connectivity index (χ3n) is 3.42. The maximum atomic E-state index is 5.93. The molecule has 0 spiro atoms. The Bertz CT molecular complexity index is 205. The van der Waals surface area contributed by atoms with Crippen LogP contribution < -0.4 is 0 Å². The van der Waals surface area contributed by atoms with Gasteiger partial charge in [-0.05, 0) is 45.4 Å². The molecule has 0 unspecified atom stereocenters. The molecule has 3 fully saturated rings. The minimum absolute atomic E-state index is 0.372. The van der Waals surface area contributed by atoms with Gasteiger partial charge in [0.05, 0.1) is 12.2 Å². The molecule has 0 amide bonds. The van der Waals surface area contributed by atoms with Gasteiger partial charge in [-0.3, -0.25) is 0 Å². The van der Waals surface area contributed by atoms with Crippen LogP contribution in [0.1, 0.15) is 39.5 Å². The molecule has 3 atom stereocenters. The molecule has 3 aliphatic carbocycles. The van der Waals surface area contributed by atoms with Gasteiger partial charge in [0.15, 0.2) is 0 Å². The largest absolute Gasteiger partial charge is 0.375 e. The fourth-order valence-electron chi connectivity index (χ4n) is 2.89. The van der Waals surface area contributed by atoms with E-state index in [9.17, 15) is 0 Å². The standard InChI is InChI=1S/C12H20O/c1-8(2)13-12-7-10-4-5-11(12)9(3)6-10/h8,10-12H,3-7H2,1-2H3/t10-,11+,12-/m0/s1. The fraction of sp³-hybridized carbons (Fsp3) is 0.833. The Morgan fingerprint density at radius 1 is 1.38 bits per heavy atom. The highest BCUT2D eigenvalue weighted by molar-refractivity contribution is 5.12. The van der Waals surface area contributed by atoms with E-state index in [1.165, 1.54) is 31.3 Å². The van der Waals surface area contributed by atoms with Crippen molar-refractivity contribution in [3.05, 3.63) is 12.2 Å². The summed E-state index contributed by atoms with van der Waals surface area (Å²) in [4.78, 5) is 0. The first kappa shape index (κ1) is 9.26. The zero-order valence-corrected chi connectivity index (χ0v) is 8.75. The van der Waals surface area contributed by atoms with E-state index in [-0.39, 0.29) is 0 Å². The summed E-state index contributed by atoms with van der Waals surface area (Å²) in [7, 11) is 0. The van der Waals surface area contributed by atoms with E-state index in [1.807, 2.05) is 0 Å². The van der Waals surface area contributed by atoms with Crippen molar-refractivity contribution >= 4 is 0 Å². The van der Waals surface area contributed by atoms with Gasteiger partial charge in [0.2, 0.25) is 0 Å². The zero-order valence-electron chi connectivity index (χ0n) is 8.75. The molecule has 3 aliphatic rings. The lowest BCUT2D eigenvalue weighted by atomic mass is 9.66. The van der Waals surface area contributed by atoms with Crippen LogP contribution >= 0.6 is 0 Å². The maximum Gasteiger partial charge on any atom is 0.0646 e. The lowest BCUT2D eigenvalue weighted by molar-refractivity contribution is -0.0612. The highest BCUT2D eigenvalue weighted by atomic mass is 16.5. The predicted octanol–water partition coefficient (Wildman–Crippen LogP) is 3.16. The lowest BCUT2D eigenvalue weighted by Crippen LogP contribution is -2.39. The first-order chi connectivity index (χ1) is 6.16. The van der Waals surface area contributed by atoms with E-state index >= 15 is 0 Å². The molecule has 0 aromatic heterocycles. The molecular weight excluding hydrogens is 160 g/mol. The summed E-state index contributed by atoms with van der Waals surface area (Å²) < 4.78 is 5.93. The summed E-state index contributed by atoms with van der Waals surface area (Å²) in [5, 5.41) is 0. The summed E-state index contributed by atoms with van der Waals surface area (Å²) in [6, 6.07) is 0. The molecule has 0 heterocycles.